The summed E-state index contributed by atoms with van der Waals surface area (Å²) in [5.74, 6) is -1.30. The van der Waals surface area contributed by atoms with E-state index in [4.69, 9.17) is 9.57 Å². The topological polar surface area (TPSA) is 76.1 Å². The molecule has 1 saturated heterocycles. The monoisotopic (exact) mass is 263 g/mol. The van der Waals surface area contributed by atoms with E-state index in [0.29, 0.717) is 35.8 Å². The molecule has 1 fully saturated rings. The fraction of sp³-hybridized carbons (Fsp3) is 0.385. The summed E-state index contributed by atoms with van der Waals surface area (Å²) in [4.78, 5) is 29.1. The summed E-state index contributed by atoms with van der Waals surface area (Å²) in [6.45, 7) is 0.914. The molecule has 6 heteroatoms. The summed E-state index contributed by atoms with van der Waals surface area (Å²) in [6.07, 6.45) is -0.575. The molecule has 0 spiro atoms. The van der Waals surface area contributed by atoms with Crippen LogP contribution in [0.1, 0.15) is 27.1 Å². The minimum absolute atomic E-state index is 0.218. The van der Waals surface area contributed by atoms with Gasteiger partial charge in [0.05, 0.1) is 17.7 Å². The Kier molecular flexibility index (Phi) is 3.06. The molecule has 6 nitrogen and oxygen atoms in total. The van der Waals surface area contributed by atoms with Crippen molar-refractivity contribution in [1.82, 2.24) is 5.06 Å². The minimum atomic E-state index is -1.22. The average Bonchev–Trinajstić information content (AvgIpc) is 3.03. The van der Waals surface area contributed by atoms with Crippen LogP contribution in [0.15, 0.2) is 24.3 Å². The molecule has 1 aromatic rings. The summed E-state index contributed by atoms with van der Waals surface area (Å²) in [7, 11) is 0. The van der Waals surface area contributed by atoms with Crippen molar-refractivity contribution in [1.29, 1.82) is 0 Å². The highest BCUT2D eigenvalue weighted by Crippen LogP contribution is 2.25. The van der Waals surface area contributed by atoms with Crippen molar-refractivity contribution in [3.63, 3.8) is 0 Å². The fourth-order valence-corrected chi connectivity index (χ4v) is 2.23. The number of ether oxygens (including phenoxy) is 1. The van der Waals surface area contributed by atoms with E-state index >= 15 is 0 Å². The summed E-state index contributed by atoms with van der Waals surface area (Å²) < 4.78 is 5.13. The van der Waals surface area contributed by atoms with Crippen LogP contribution in [0.3, 0.4) is 0 Å². The van der Waals surface area contributed by atoms with Crippen molar-refractivity contribution >= 4 is 11.8 Å². The van der Waals surface area contributed by atoms with Crippen LogP contribution in [-0.2, 0) is 9.57 Å². The first-order valence-electron chi connectivity index (χ1n) is 6.09. The van der Waals surface area contributed by atoms with Gasteiger partial charge >= 0.3 is 0 Å². The maximum absolute atomic E-state index is 12.0. The van der Waals surface area contributed by atoms with Gasteiger partial charge in [0.1, 0.15) is 0 Å². The normalized spacial score (nSPS) is 23.8. The summed E-state index contributed by atoms with van der Waals surface area (Å²) in [6, 6.07) is 6.47. The first kappa shape index (κ1) is 12.3. The van der Waals surface area contributed by atoms with E-state index in [0.717, 1.165) is 0 Å². The van der Waals surface area contributed by atoms with Crippen LogP contribution in [0.4, 0.5) is 0 Å². The van der Waals surface area contributed by atoms with Gasteiger partial charge in [0.15, 0.2) is 6.29 Å². The molecule has 2 amide bonds. The lowest BCUT2D eigenvalue weighted by molar-refractivity contribution is -0.232. The van der Waals surface area contributed by atoms with Gasteiger partial charge in [0, 0.05) is 12.5 Å². The third-order valence-electron chi connectivity index (χ3n) is 3.34. The van der Waals surface area contributed by atoms with Crippen molar-refractivity contribution in [2.45, 2.75) is 12.7 Å². The van der Waals surface area contributed by atoms with Gasteiger partial charge < -0.3 is 9.84 Å². The number of aliphatic hydroxyl groups is 1. The van der Waals surface area contributed by atoms with Crippen molar-refractivity contribution in [3.8, 4) is 0 Å². The molecule has 0 saturated carbocycles. The minimum Gasteiger partial charge on any atom is -0.381 e. The van der Waals surface area contributed by atoms with Crippen LogP contribution < -0.4 is 0 Å². The van der Waals surface area contributed by atoms with Crippen molar-refractivity contribution in [2.24, 2.45) is 5.92 Å². The maximum atomic E-state index is 12.0. The molecule has 0 aromatic heterocycles. The maximum Gasteiger partial charge on any atom is 0.285 e. The first-order chi connectivity index (χ1) is 9.18. The van der Waals surface area contributed by atoms with Crippen LogP contribution in [0.5, 0.6) is 0 Å². The molecule has 2 aliphatic rings. The van der Waals surface area contributed by atoms with Crippen molar-refractivity contribution < 1.29 is 24.3 Å². The number of aliphatic hydroxyl groups excluding tert-OH is 1. The van der Waals surface area contributed by atoms with Crippen molar-refractivity contribution in [3.05, 3.63) is 35.4 Å². The molecule has 2 unspecified atom stereocenters. The molecule has 0 aliphatic carbocycles. The Balaban J connectivity index is 1.76. The third kappa shape index (κ3) is 2.03. The number of hydroxylamine groups is 2. The molecule has 2 heterocycles. The van der Waals surface area contributed by atoms with Gasteiger partial charge in [-0.05, 0) is 18.6 Å². The van der Waals surface area contributed by atoms with E-state index < -0.39 is 18.1 Å². The molecular formula is C13H13NO5. The van der Waals surface area contributed by atoms with E-state index in [2.05, 4.69) is 0 Å². The predicted molar refractivity (Wildman–Crippen MR) is 63.0 cm³/mol. The Labute approximate surface area is 109 Å². The number of amides is 2. The van der Waals surface area contributed by atoms with E-state index in [1.807, 2.05) is 0 Å². The zero-order valence-corrected chi connectivity index (χ0v) is 10.1. The number of benzene rings is 1. The van der Waals surface area contributed by atoms with Crippen molar-refractivity contribution in [2.75, 3.05) is 13.2 Å². The van der Waals surface area contributed by atoms with E-state index in [1.165, 1.54) is 0 Å². The fourth-order valence-electron chi connectivity index (χ4n) is 2.23. The Bertz CT molecular complexity index is 489. The number of nitrogens with zero attached hydrogens (tertiary/aromatic N) is 1. The molecule has 19 heavy (non-hydrogen) atoms. The molecule has 0 bridgehead atoms. The smallest absolute Gasteiger partial charge is 0.285 e. The lowest BCUT2D eigenvalue weighted by Crippen LogP contribution is -2.38. The van der Waals surface area contributed by atoms with E-state index in [-0.39, 0.29) is 5.92 Å². The van der Waals surface area contributed by atoms with E-state index in [9.17, 15) is 14.7 Å². The zero-order chi connectivity index (χ0) is 13.4. The van der Waals surface area contributed by atoms with Crippen LogP contribution in [0.2, 0.25) is 0 Å². The van der Waals surface area contributed by atoms with Gasteiger partial charge in [-0.15, -0.1) is 5.06 Å². The van der Waals surface area contributed by atoms with Crippen LogP contribution in [0.25, 0.3) is 0 Å². The Hall–Kier alpha value is -1.76. The van der Waals surface area contributed by atoms with Gasteiger partial charge in [0.25, 0.3) is 11.8 Å². The van der Waals surface area contributed by atoms with Gasteiger partial charge in [-0.3, -0.25) is 9.59 Å². The Morgan fingerprint density at radius 1 is 1.26 bits per heavy atom. The average molecular weight is 263 g/mol. The van der Waals surface area contributed by atoms with Gasteiger partial charge in [-0.2, -0.15) is 0 Å². The zero-order valence-electron chi connectivity index (χ0n) is 10.1. The lowest BCUT2D eigenvalue weighted by Gasteiger charge is -2.21. The standard InChI is InChI=1S/C13H13NO5/c15-11-9-3-1-2-4-10(9)12(16)14(11)19-13(17)8-5-6-18-7-8/h1-4,8,13,17H,5-7H2. The quantitative estimate of drug-likeness (QED) is 0.637. The largest absolute Gasteiger partial charge is 0.381 e. The Morgan fingerprint density at radius 2 is 1.89 bits per heavy atom. The lowest BCUT2D eigenvalue weighted by atomic mass is 10.1. The Morgan fingerprint density at radius 3 is 2.42 bits per heavy atom. The highest BCUT2D eigenvalue weighted by Gasteiger charge is 2.39. The molecule has 1 N–H and O–H groups in total. The van der Waals surface area contributed by atoms with Crippen LogP contribution >= 0.6 is 0 Å². The highest BCUT2D eigenvalue weighted by atomic mass is 16.8. The molecule has 2 atom stereocenters. The molecule has 3 rings (SSSR count). The van der Waals surface area contributed by atoms with Crippen LogP contribution in [-0.4, -0.2) is 41.5 Å². The van der Waals surface area contributed by atoms with Gasteiger partial charge in [0.2, 0.25) is 0 Å². The third-order valence-corrected chi connectivity index (χ3v) is 3.34. The highest BCUT2D eigenvalue weighted by molar-refractivity contribution is 6.20. The summed E-state index contributed by atoms with van der Waals surface area (Å²) in [5, 5.41) is 10.5. The second-order valence-electron chi connectivity index (χ2n) is 4.57. The summed E-state index contributed by atoms with van der Waals surface area (Å²) in [5.41, 5.74) is 0.588. The molecule has 100 valence electrons. The molecular weight excluding hydrogens is 250 g/mol. The van der Waals surface area contributed by atoms with E-state index in [1.54, 1.807) is 24.3 Å². The molecule has 1 aromatic carbocycles. The second-order valence-corrected chi connectivity index (χ2v) is 4.57. The molecule has 2 aliphatic heterocycles. The first-order valence-corrected chi connectivity index (χ1v) is 6.09. The number of rotatable bonds is 3. The predicted octanol–water partition coefficient (Wildman–Crippen LogP) is 0.569. The molecule has 0 radical (unpaired) electrons. The number of fused-ring (bicyclic) bond motifs is 1. The number of hydrogen-bond acceptors (Lipinski definition) is 5. The van der Waals surface area contributed by atoms with Crippen LogP contribution in [0, 0.1) is 5.92 Å². The summed E-state index contributed by atoms with van der Waals surface area (Å²) >= 11 is 0. The number of carbonyl (C=O) groups is 2. The number of hydrogen-bond donors (Lipinski definition) is 1. The number of imide groups is 1. The SMILES string of the molecule is O=C1c2ccccc2C(=O)N1OC(O)C1CCOC1. The number of carbonyl (C=O) groups excluding carboxylic acids is 2. The van der Waals surface area contributed by atoms with Gasteiger partial charge in [-0.1, -0.05) is 12.1 Å². The van der Waals surface area contributed by atoms with Gasteiger partial charge in [-0.25, -0.2) is 4.84 Å². The second kappa shape index (κ2) is 4.73.